The molecule has 2 aliphatic rings. The van der Waals surface area contributed by atoms with Gasteiger partial charge in [-0.05, 0) is 69.0 Å². The van der Waals surface area contributed by atoms with Crippen LogP contribution in [0.15, 0.2) is 64.4 Å². The van der Waals surface area contributed by atoms with Gasteiger partial charge < -0.3 is 15.4 Å². The summed E-state index contributed by atoms with van der Waals surface area (Å²) in [7, 11) is 0. The first-order chi connectivity index (χ1) is 20.2. The number of fused-ring (bicyclic) bond motifs is 1. The Labute approximate surface area is 250 Å². The van der Waals surface area contributed by atoms with E-state index in [0.29, 0.717) is 18.0 Å². The van der Waals surface area contributed by atoms with E-state index in [4.69, 9.17) is 15.5 Å². The van der Waals surface area contributed by atoms with Crippen LogP contribution < -0.4 is 10.5 Å². The van der Waals surface area contributed by atoms with Gasteiger partial charge >= 0.3 is 0 Å². The average molecular weight is 574 g/mol. The van der Waals surface area contributed by atoms with Gasteiger partial charge in [-0.3, -0.25) is 4.90 Å². The summed E-state index contributed by atoms with van der Waals surface area (Å²) in [6, 6.07) is 17.2. The first-order valence-corrected chi connectivity index (χ1v) is 16.7. The smallest absolute Gasteiger partial charge is 0.197 e. The summed E-state index contributed by atoms with van der Waals surface area (Å²) in [5.74, 6) is 2.34. The molecule has 2 heterocycles. The Hall–Kier alpha value is -2.90. The number of aromatic nitrogens is 1. The van der Waals surface area contributed by atoms with Gasteiger partial charge in [-0.2, -0.15) is 0 Å². The van der Waals surface area contributed by atoms with E-state index in [2.05, 4.69) is 33.2 Å². The predicted molar refractivity (Wildman–Crippen MR) is 171 cm³/mol. The van der Waals surface area contributed by atoms with Gasteiger partial charge in [0.2, 0.25) is 0 Å². The molecule has 1 aliphatic heterocycles. The fraction of sp³-hybridized carbons (Fsp3) is 0.529. The largest absolute Gasteiger partial charge is 0.457 e. The second kappa shape index (κ2) is 15.4. The number of unbranched alkanes of at least 4 members (excludes halogenated alkanes) is 3. The molecule has 41 heavy (non-hydrogen) atoms. The third kappa shape index (κ3) is 8.55. The Morgan fingerprint density at radius 2 is 1.83 bits per heavy atom. The van der Waals surface area contributed by atoms with Crippen LogP contribution in [0.5, 0.6) is 11.5 Å². The highest BCUT2D eigenvalue weighted by atomic mass is 32.1. The number of benzene rings is 2. The van der Waals surface area contributed by atoms with E-state index in [1.165, 1.54) is 69.0 Å². The van der Waals surface area contributed by atoms with Gasteiger partial charge in [0.05, 0.1) is 16.9 Å². The number of para-hydroxylation sites is 1. The van der Waals surface area contributed by atoms with Crippen LogP contribution in [0, 0.1) is 0 Å². The first-order valence-electron chi connectivity index (χ1n) is 15.8. The molecule has 2 aromatic carbocycles. The molecular formula is C34H47N5OS. The molecule has 1 fully saturated rings. The predicted octanol–water partition coefficient (Wildman–Crippen LogP) is 8.65. The molecule has 1 unspecified atom stereocenters. The summed E-state index contributed by atoms with van der Waals surface area (Å²) >= 11 is 1.70. The second-order valence-corrected chi connectivity index (χ2v) is 12.4. The number of thiazole rings is 1. The molecule has 6 nitrogen and oxygen atoms in total. The summed E-state index contributed by atoms with van der Waals surface area (Å²) in [4.78, 5) is 14.6. The van der Waals surface area contributed by atoms with Crippen LogP contribution in [0.2, 0.25) is 0 Å². The van der Waals surface area contributed by atoms with Crippen molar-refractivity contribution in [3.05, 3.63) is 70.7 Å². The van der Waals surface area contributed by atoms with E-state index in [1.807, 2.05) is 48.0 Å². The molecule has 0 radical (unpaired) electrons. The molecule has 7 heteroatoms. The lowest BCUT2D eigenvalue weighted by molar-refractivity contribution is 0.138. The topological polar surface area (TPSA) is 67.0 Å². The van der Waals surface area contributed by atoms with Crippen LogP contribution in [0.4, 0.5) is 5.69 Å². The molecule has 220 valence electrons. The maximum atomic E-state index is 6.65. The van der Waals surface area contributed by atoms with Crippen molar-refractivity contribution in [3.63, 3.8) is 0 Å². The number of aliphatic imine (C=N–C) groups is 1. The van der Waals surface area contributed by atoms with Gasteiger partial charge in [0.1, 0.15) is 11.5 Å². The minimum absolute atomic E-state index is 0.384. The third-order valence-electron chi connectivity index (χ3n) is 8.65. The molecule has 1 saturated carbocycles. The van der Waals surface area contributed by atoms with Crippen LogP contribution in [-0.4, -0.2) is 39.4 Å². The summed E-state index contributed by atoms with van der Waals surface area (Å²) in [6.07, 6.45) is 15.2. The standard InChI is InChI=1S/C34H47N5OS/c1-2-3-4-7-15-30(16-12-21-38(24-28-25-41-26-36-28)29-13-8-5-9-14-29)39-23-27-22-32(19-20-33(27)37-34(39)35)40-31-17-10-6-11-18-31/h6,10-11,17-20,22,25-26,29-30H,2-5,7-9,12-16,21,23-24H2,1H3,(H2,35,37). The fourth-order valence-corrected chi connectivity index (χ4v) is 6.96. The summed E-state index contributed by atoms with van der Waals surface area (Å²) in [5.41, 5.74) is 12.0. The molecule has 0 bridgehead atoms. The number of ether oxygens (including phenoxy) is 1. The summed E-state index contributed by atoms with van der Waals surface area (Å²) in [6.45, 7) is 5.14. The lowest BCUT2D eigenvalue weighted by Gasteiger charge is -2.37. The van der Waals surface area contributed by atoms with Gasteiger partial charge in [-0.25, -0.2) is 9.98 Å². The van der Waals surface area contributed by atoms with Crippen LogP contribution in [0.1, 0.15) is 95.2 Å². The van der Waals surface area contributed by atoms with Crippen LogP contribution >= 0.6 is 11.3 Å². The molecule has 0 saturated heterocycles. The maximum Gasteiger partial charge on any atom is 0.197 e. The van der Waals surface area contributed by atoms with Crippen LogP contribution in [-0.2, 0) is 13.1 Å². The van der Waals surface area contributed by atoms with Gasteiger partial charge in [-0.15, -0.1) is 11.3 Å². The second-order valence-electron chi connectivity index (χ2n) is 11.7. The van der Waals surface area contributed by atoms with Crippen molar-refractivity contribution in [3.8, 4) is 11.5 Å². The van der Waals surface area contributed by atoms with Crippen molar-refractivity contribution >= 4 is 23.0 Å². The molecule has 1 aromatic heterocycles. The van der Waals surface area contributed by atoms with Crippen molar-refractivity contribution in [2.24, 2.45) is 10.7 Å². The molecule has 5 rings (SSSR count). The number of rotatable bonds is 15. The van der Waals surface area contributed by atoms with E-state index in [0.717, 1.165) is 56.1 Å². The summed E-state index contributed by atoms with van der Waals surface area (Å²) in [5, 5.41) is 2.21. The van der Waals surface area contributed by atoms with E-state index >= 15 is 0 Å². The number of hydrogen-bond acceptors (Lipinski definition) is 7. The highest BCUT2D eigenvalue weighted by Gasteiger charge is 2.27. The van der Waals surface area contributed by atoms with Crippen LogP contribution in [0.3, 0.4) is 0 Å². The van der Waals surface area contributed by atoms with Gasteiger partial charge in [-0.1, -0.05) is 70.1 Å². The quantitative estimate of drug-likeness (QED) is 0.184. The molecule has 3 aromatic rings. The zero-order valence-electron chi connectivity index (χ0n) is 24.7. The number of hydrogen-bond donors (Lipinski definition) is 1. The Bertz CT molecular complexity index is 1210. The zero-order chi connectivity index (χ0) is 28.3. The monoisotopic (exact) mass is 573 g/mol. The van der Waals surface area contributed by atoms with E-state index < -0.39 is 0 Å². The Balaban J connectivity index is 1.26. The van der Waals surface area contributed by atoms with Crippen molar-refractivity contribution in [1.82, 2.24) is 14.8 Å². The minimum atomic E-state index is 0.384. The molecule has 0 amide bonds. The fourth-order valence-electron chi connectivity index (χ4n) is 6.41. The SMILES string of the molecule is CCCCCCC(CCCN(Cc1cscn1)C1CCCCC1)N1Cc2cc(Oc3ccccc3)ccc2N=C1N. The minimum Gasteiger partial charge on any atom is -0.457 e. The van der Waals surface area contributed by atoms with Crippen molar-refractivity contribution in [2.45, 2.75) is 109 Å². The van der Waals surface area contributed by atoms with E-state index in [1.54, 1.807) is 11.3 Å². The molecule has 1 atom stereocenters. The number of nitrogens with zero attached hydrogens (tertiary/aromatic N) is 4. The summed E-state index contributed by atoms with van der Waals surface area (Å²) < 4.78 is 6.14. The first kappa shape index (κ1) is 29.6. The Morgan fingerprint density at radius 3 is 2.61 bits per heavy atom. The zero-order valence-corrected chi connectivity index (χ0v) is 25.5. The number of guanidine groups is 1. The Kier molecular flexibility index (Phi) is 11.1. The normalized spacial score (nSPS) is 16.4. The van der Waals surface area contributed by atoms with Gasteiger partial charge in [0, 0.05) is 36.1 Å². The lowest BCUT2D eigenvalue weighted by atomic mass is 9.93. The van der Waals surface area contributed by atoms with E-state index in [-0.39, 0.29) is 0 Å². The molecule has 0 spiro atoms. The number of nitrogens with two attached hydrogens (primary N) is 1. The average Bonchev–Trinajstić information content (AvgIpc) is 3.52. The highest BCUT2D eigenvalue weighted by Crippen LogP contribution is 2.33. The van der Waals surface area contributed by atoms with E-state index in [9.17, 15) is 0 Å². The van der Waals surface area contributed by atoms with Crippen LogP contribution in [0.25, 0.3) is 0 Å². The highest BCUT2D eigenvalue weighted by molar-refractivity contribution is 7.07. The van der Waals surface area contributed by atoms with Gasteiger partial charge in [0.15, 0.2) is 5.96 Å². The van der Waals surface area contributed by atoms with Gasteiger partial charge in [0.25, 0.3) is 0 Å². The van der Waals surface area contributed by atoms with Crippen molar-refractivity contribution < 1.29 is 4.74 Å². The van der Waals surface area contributed by atoms with Crippen molar-refractivity contribution in [1.29, 1.82) is 0 Å². The maximum absolute atomic E-state index is 6.65. The Morgan fingerprint density at radius 1 is 1.00 bits per heavy atom. The third-order valence-corrected chi connectivity index (χ3v) is 9.29. The lowest BCUT2D eigenvalue weighted by Crippen LogP contribution is -2.46. The molecular weight excluding hydrogens is 526 g/mol. The molecule has 1 aliphatic carbocycles. The molecule has 2 N–H and O–H groups in total. The van der Waals surface area contributed by atoms with Crippen molar-refractivity contribution in [2.75, 3.05) is 6.54 Å².